The van der Waals surface area contributed by atoms with Crippen molar-refractivity contribution in [1.29, 1.82) is 0 Å². The molecular formula is C87H128BCl2Na2O28S2. The molecule has 7 aliphatic carbocycles. The Kier molecular flexibility index (Phi) is 63.9. The number of rotatable bonds is 28. The third-order valence-electron chi connectivity index (χ3n) is 23.0. The van der Waals surface area contributed by atoms with E-state index in [9.17, 15) is 66.0 Å². The summed E-state index contributed by atoms with van der Waals surface area (Å²) in [5, 5.41) is 53.4. The number of ketones is 4. The minimum atomic E-state index is -3.32. The molecule has 35 heteroatoms. The van der Waals surface area contributed by atoms with E-state index in [4.69, 9.17) is 80.8 Å². The Labute approximate surface area is 780 Å². The zero-order valence-electron chi connectivity index (χ0n) is 73.6. The van der Waals surface area contributed by atoms with Crippen LogP contribution < -0.4 is 78.1 Å². The van der Waals surface area contributed by atoms with Gasteiger partial charge in [0, 0.05) is 50.3 Å². The molecule has 28 nitrogen and oxygen atoms in total. The number of esters is 1. The first-order valence-corrected chi connectivity index (χ1v) is 45.2. The third-order valence-corrected chi connectivity index (χ3v) is 23.7. The second kappa shape index (κ2) is 65.8. The summed E-state index contributed by atoms with van der Waals surface area (Å²) in [4.78, 5) is 131. The topological polar surface area (TPSA) is 455 Å². The number of carbonyl (C=O) groups is 12. The van der Waals surface area contributed by atoms with Crippen molar-refractivity contribution in [1.82, 2.24) is 0 Å². The number of aldehydes is 3. The molecule has 0 heterocycles. The Morgan fingerprint density at radius 1 is 0.451 bits per heavy atom. The molecular weight excluding hydrogens is 1680 g/mol. The first kappa shape index (κ1) is 118. The molecule has 675 valence electrons. The van der Waals surface area contributed by atoms with Crippen molar-refractivity contribution < 1.29 is 195 Å². The first-order chi connectivity index (χ1) is 56.1. The van der Waals surface area contributed by atoms with Crippen LogP contribution in [0.2, 0.25) is 0 Å². The third kappa shape index (κ3) is 48.3. The fourth-order valence-electron chi connectivity index (χ4n) is 15.3. The van der Waals surface area contributed by atoms with Crippen LogP contribution in [0.25, 0.3) is 0 Å². The van der Waals surface area contributed by atoms with Crippen molar-refractivity contribution in [3.8, 4) is 34.5 Å². The van der Waals surface area contributed by atoms with Gasteiger partial charge in [-0.1, -0.05) is 11.0 Å². The molecule has 0 aliphatic heterocycles. The number of aliphatic hydroxyl groups is 1. The quantitative estimate of drug-likeness (QED) is 0.00982. The largest absolute Gasteiger partial charge is 1.00 e. The predicted octanol–water partition coefficient (Wildman–Crippen LogP) is 10.2. The first-order valence-electron chi connectivity index (χ1n) is 41.0. The van der Waals surface area contributed by atoms with Gasteiger partial charge in [-0.05, 0) is 321 Å². The van der Waals surface area contributed by atoms with Crippen LogP contribution in [-0.4, -0.2) is 190 Å². The second-order valence-corrected chi connectivity index (χ2v) is 34.8. The number of phenols is 2. The zero-order valence-corrected chi connectivity index (χ0v) is 79.8. The van der Waals surface area contributed by atoms with Crippen LogP contribution in [-0.2, 0) is 62.1 Å². The molecule has 0 bridgehead atoms. The number of aliphatic hydroxyl groups excluding tert-OH is 1. The van der Waals surface area contributed by atoms with E-state index in [0.29, 0.717) is 154 Å². The number of phenolic OH excluding ortho intramolecular Hbond substituents is 2. The van der Waals surface area contributed by atoms with E-state index in [2.05, 4.69) is 4.74 Å². The molecule has 10 rings (SSSR count). The smallest absolute Gasteiger partial charge is 1.00 e. The number of carboxylic acid groups (broad SMARTS) is 3. The van der Waals surface area contributed by atoms with Crippen LogP contribution in [0.5, 0.6) is 34.5 Å². The number of methoxy groups -OCH3 is 1. The average Bonchev–Trinajstić information content (AvgIpc) is 0.853. The molecule has 7 fully saturated rings. The van der Waals surface area contributed by atoms with E-state index in [1.807, 2.05) is 12.3 Å². The summed E-state index contributed by atoms with van der Waals surface area (Å²) in [5.41, 5.74) is 0.281. The molecule has 7 N–H and O–H groups in total. The van der Waals surface area contributed by atoms with Gasteiger partial charge in [0.25, 0.3) is 10.1 Å². The maximum atomic E-state index is 11.6. The van der Waals surface area contributed by atoms with Gasteiger partial charge in [0.1, 0.15) is 57.6 Å². The van der Waals surface area contributed by atoms with Crippen LogP contribution in [0.15, 0.2) is 54.6 Å². The standard InChI is InChI=1S/C25H34O6.C23H30O7.C10H18O4S.C9H14O3.C9H16O2.C7H6O3.C3H5ClO2.CH3ClS.B.2Na.H2O.H/c1-17(27)20-7-3-19(4-8-20)16-31-24-12-11-23(13-22(24)14-26)30-15-18-5-9-21(10-6-18)25(28)29-2;24-12-19-11-20(29-13-15-1-5-17(6-2-15)22(25)26)9-10-21(19)30-14-16-3-7-18(8-4-16)23(27)28;1-8(11)10-5-3-9(4-6-10)7-14-15(2,12)13;1-6(10)7-2-4-8(5-3-7)9(11)12;1-7(11)9-4-2-8(6-10)3-5-9;8-4-5-3-6(9)1-2-7(5)10;1-2-6-3(4)5;1-3-2;;;;;/h11-14,18-21H,3-10,15-16H2,1-2H3;9-12,15-18H,1-8,13-14H2,(H,25,26)(H,27,28);9-10H,3-7H2,1-2H3;7-8H,2-5H2,1H3,(H,11,12);8-10H,2-6H2,1H3;1-4,9-10H;2H2,1H3;1H3;;;;1H2;/q;;;;;;;;;2*+1;;-1/p-1. The summed E-state index contributed by atoms with van der Waals surface area (Å²) in [6.07, 6.45) is 28.7. The van der Waals surface area contributed by atoms with Gasteiger partial charge in [0.15, 0.2) is 18.9 Å². The summed E-state index contributed by atoms with van der Waals surface area (Å²) in [7, 11) is 4.26. The minimum Gasteiger partial charge on any atom is -1.00 e. The Balaban J connectivity index is -0.00000144. The number of aromatic hydroxyl groups is 2. The number of aliphatic carboxylic acids is 3. The molecule has 3 aromatic carbocycles. The molecule has 7 aliphatic rings. The molecule has 0 unspecified atom stereocenters. The minimum absolute atomic E-state index is 0. The van der Waals surface area contributed by atoms with Crippen LogP contribution in [0.4, 0.5) is 4.79 Å². The van der Waals surface area contributed by atoms with Crippen molar-refractivity contribution >= 4 is 123 Å². The van der Waals surface area contributed by atoms with Crippen molar-refractivity contribution in [2.45, 2.75) is 214 Å². The Bertz CT molecular complexity index is 3700. The predicted molar refractivity (Wildman–Crippen MR) is 456 cm³/mol. The van der Waals surface area contributed by atoms with Gasteiger partial charge in [0.2, 0.25) is 0 Å². The van der Waals surface area contributed by atoms with Gasteiger partial charge in [-0.15, -0.1) is 0 Å². The van der Waals surface area contributed by atoms with Crippen LogP contribution in [0.1, 0.15) is 247 Å². The van der Waals surface area contributed by atoms with Gasteiger partial charge in [0.05, 0.1) is 93.4 Å². The molecule has 0 amide bonds. The van der Waals surface area contributed by atoms with Crippen LogP contribution >= 0.6 is 33.3 Å². The molecule has 0 atom stereocenters. The van der Waals surface area contributed by atoms with E-state index >= 15 is 0 Å². The van der Waals surface area contributed by atoms with E-state index < -0.39 is 33.5 Å². The van der Waals surface area contributed by atoms with Crippen molar-refractivity contribution in [3.05, 3.63) is 71.3 Å². The molecule has 7 saturated carbocycles. The van der Waals surface area contributed by atoms with E-state index in [-0.39, 0.29) is 175 Å². The number of Topliss-reactive ketones (excluding diaryl/α,β-unsaturated/α-hetero) is 4. The molecule has 122 heavy (non-hydrogen) atoms. The summed E-state index contributed by atoms with van der Waals surface area (Å²) < 4.78 is 58.9. The van der Waals surface area contributed by atoms with E-state index in [1.165, 1.54) is 36.3 Å². The molecule has 0 aromatic heterocycles. The average molecular weight is 1810 g/mol. The number of hydrogen-bond donors (Lipinski definition) is 6. The Hall–Kier alpha value is -5.68. The number of hydrogen-bond acceptors (Lipinski definition) is 26. The summed E-state index contributed by atoms with van der Waals surface area (Å²) in [6, 6.07) is 14.3. The van der Waals surface area contributed by atoms with E-state index in [1.54, 1.807) is 65.0 Å². The van der Waals surface area contributed by atoms with Gasteiger partial charge >= 0.3 is 88.4 Å². The van der Waals surface area contributed by atoms with Gasteiger partial charge in [-0.3, -0.25) is 56.9 Å². The Morgan fingerprint density at radius 3 is 0.984 bits per heavy atom. The summed E-state index contributed by atoms with van der Waals surface area (Å²) in [5.74, 6) is 3.34. The van der Waals surface area contributed by atoms with Crippen molar-refractivity contribution in [2.75, 3.05) is 65.9 Å². The maximum Gasteiger partial charge on any atom is 1.00 e. The monoisotopic (exact) mass is 1810 g/mol. The Morgan fingerprint density at radius 2 is 0.730 bits per heavy atom. The van der Waals surface area contributed by atoms with Crippen LogP contribution in [0.3, 0.4) is 0 Å². The molecule has 3 radical (unpaired) electrons. The van der Waals surface area contributed by atoms with Crippen molar-refractivity contribution in [2.24, 2.45) is 82.9 Å². The van der Waals surface area contributed by atoms with Crippen molar-refractivity contribution in [3.63, 3.8) is 0 Å². The fourth-order valence-corrected chi connectivity index (χ4v) is 15.9. The maximum absolute atomic E-state index is 11.6. The van der Waals surface area contributed by atoms with Gasteiger partial charge in [-0.25, -0.2) is 4.79 Å². The molecule has 0 saturated heterocycles. The number of ether oxygens (including phenoxy) is 6. The van der Waals surface area contributed by atoms with Crippen LogP contribution in [0, 0.1) is 82.9 Å². The number of carbonyl (C=O) groups excluding carboxylic acids is 9. The summed E-state index contributed by atoms with van der Waals surface area (Å²) in [6.45, 7) is 11.3. The van der Waals surface area contributed by atoms with E-state index in [0.717, 1.165) is 160 Å². The van der Waals surface area contributed by atoms with Gasteiger partial charge in [-0.2, -0.15) is 8.42 Å². The number of benzene rings is 3. The SMILES string of the molecule is CC(=O)C1CCC(C(=O)O)CC1.CC(=O)C1CCC(CO)CC1.CC(=O)C1CCC(COS(C)(=O)=O)CC1.CCOC(=O)Cl.COC(=O)C1CCC(COc2ccc(OCC3CCC(C(C)=O)CC3)c(C=O)c2)CC1.CSCl.O=Cc1cc(O)ccc1O.O=Cc1cc(OCC2CCC(C(=O)O)CC2)ccc1OCC1CCC(C(=O)O)CC1.[B].[H-].[Na+].[Na+].[OH-]. The molecule has 0 spiro atoms. The molecule has 3 aromatic rings. The summed E-state index contributed by atoms with van der Waals surface area (Å²) >= 11 is 4.72. The van der Waals surface area contributed by atoms with Gasteiger partial charge < -0.3 is 66.0 Å². The number of carboxylic acids is 3. The number of halogens is 2. The zero-order chi connectivity index (χ0) is 87.9. The normalized spacial score (nSPS) is 23.6. The fraction of sp³-hybridized carbons (Fsp3) is 0.655. The second-order valence-electron chi connectivity index (χ2n) is 31.6.